The summed E-state index contributed by atoms with van der Waals surface area (Å²) in [4.78, 5) is 1.35. The summed E-state index contributed by atoms with van der Waals surface area (Å²) in [5, 5.41) is 4.06. The average molecular weight is 324 g/mol. The Bertz CT molecular complexity index is 752. The SMILES string of the molecule is CCNCc1sc2ccccc2c1S(=O)(=O)NC1CC1C. The lowest BCUT2D eigenvalue weighted by atomic mass is 10.2. The number of nitrogens with one attached hydrogen (secondary N) is 2. The summed E-state index contributed by atoms with van der Waals surface area (Å²) in [6.45, 7) is 5.50. The van der Waals surface area contributed by atoms with E-state index in [-0.39, 0.29) is 6.04 Å². The van der Waals surface area contributed by atoms with Crippen LogP contribution in [0.4, 0.5) is 0 Å². The fourth-order valence-electron chi connectivity index (χ4n) is 2.47. The third-order valence-electron chi connectivity index (χ3n) is 3.84. The summed E-state index contributed by atoms with van der Waals surface area (Å²) >= 11 is 1.56. The van der Waals surface area contributed by atoms with Crippen molar-refractivity contribution in [3.05, 3.63) is 29.1 Å². The van der Waals surface area contributed by atoms with E-state index in [2.05, 4.69) is 17.0 Å². The van der Waals surface area contributed by atoms with Gasteiger partial charge >= 0.3 is 0 Å². The van der Waals surface area contributed by atoms with E-state index in [0.29, 0.717) is 17.4 Å². The van der Waals surface area contributed by atoms with Crippen molar-refractivity contribution in [2.75, 3.05) is 6.54 Å². The first kappa shape index (κ1) is 15.0. The van der Waals surface area contributed by atoms with Crippen LogP contribution < -0.4 is 10.0 Å². The zero-order valence-corrected chi connectivity index (χ0v) is 13.9. The Hall–Kier alpha value is -0.950. The minimum absolute atomic E-state index is 0.0978. The van der Waals surface area contributed by atoms with Crippen molar-refractivity contribution in [1.82, 2.24) is 10.0 Å². The molecule has 1 heterocycles. The predicted octanol–water partition coefficient (Wildman–Crippen LogP) is 2.70. The van der Waals surface area contributed by atoms with Gasteiger partial charge in [-0.25, -0.2) is 13.1 Å². The summed E-state index contributed by atoms with van der Waals surface area (Å²) in [7, 11) is -3.45. The summed E-state index contributed by atoms with van der Waals surface area (Å²) in [5.41, 5.74) is 0. The van der Waals surface area contributed by atoms with Crippen molar-refractivity contribution in [2.45, 2.75) is 37.8 Å². The largest absolute Gasteiger partial charge is 0.312 e. The van der Waals surface area contributed by atoms with E-state index in [0.717, 1.165) is 27.9 Å². The van der Waals surface area contributed by atoms with Gasteiger partial charge in [-0.1, -0.05) is 32.0 Å². The van der Waals surface area contributed by atoms with Gasteiger partial charge in [0.05, 0.1) is 0 Å². The van der Waals surface area contributed by atoms with Crippen molar-refractivity contribution in [2.24, 2.45) is 5.92 Å². The lowest BCUT2D eigenvalue weighted by molar-refractivity contribution is 0.577. The number of hydrogen-bond donors (Lipinski definition) is 2. The molecule has 0 radical (unpaired) electrons. The molecule has 1 aromatic carbocycles. The van der Waals surface area contributed by atoms with E-state index >= 15 is 0 Å². The van der Waals surface area contributed by atoms with Crippen molar-refractivity contribution < 1.29 is 8.42 Å². The zero-order chi connectivity index (χ0) is 15.0. The quantitative estimate of drug-likeness (QED) is 0.859. The average Bonchev–Trinajstić information content (AvgIpc) is 3.00. The molecule has 1 aromatic heterocycles. The summed E-state index contributed by atoms with van der Waals surface area (Å²) in [6.07, 6.45) is 0.934. The van der Waals surface area contributed by atoms with Crippen LogP contribution in [-0.2, 0) is 16.6 Å². The standard InChI is InChI=1S/C15H20N2O2S2/c1-3-16-9-14-15(11-6-4-5-7-13(11)20-14)21(18,19)17-12-8-10(12)2/h4-7,10,12,16-17H,3,8-9H2,1-2H3. The van der Waals surface area contributed by atoms with Gasteiger partial charge < -0.3 is 5.32 Å². The lowest BCUT2D eigenvalue weighted by Crippen LogP contribution is -2.28. The molecular weight excluding hydrogens is 304 g/mol. The maximum atomic E-state index is 12.8. The first-order valence-corrected chi connectivity index (χ1v) is 9.56. The second-order valence-corrected chi connectivity index (χ2v) is 8.36. The van der Waals surface area contributed by atoms with Crippen LogP contribution in [0.2, 0.25) is 0 Å². The highest BCUT2D eigenvalue weighted by Crippen LogP contribution is 2.37. The molecule has 6 heteroatoms. The van der Waals surface area contributed by atoms with Crippen LogP contribution in [0.15, 0.2) is 29.2 Å². The molecule has 3 rings (SSSR count). The monoisotopic (exact) mass is 324 g/mol. The van der Waals surface area contributed by atoms with Crippen molar-refractivity contribution in [1.29, 1.82) is 0 Å². The number of hydrogen-bond acceptors (Lipinski definition) is 4. The molecule has 2 atom stereocenters. The maximum absolute atomic E-state index is 12.8. The molecular formula is C15H20N2O2S2. The van der Waals surface area contributed by atoms with Gasteiger partial charge in [0, 0.05) is 27.5 Å². The van der Waals surface area contributed by atoms with Gasteiger partial charge in [-0.05, 0) is 24.9 Å². The fourth-order valence-corrected chi connectivity index (χ4v) is 5.74. The molecule has 0 bridgehead atoms. The topological polar surface area (TPSA) is 58.2 Å². The Balaban J connectivity index is 2.05. The van der Waals surface area contributed by atoms with Crippen molar-refractivity contribution >= 4 is 31.4 Å². The third kappa shape index (κ3) is 2.99. The van der Waals surface area contributed by atoms with E-state index in [1.807, 2.05) is 31.2 Å². The molecule has 4 nitrogen and oxygen atoms in total. The van der Waals surface area contributed by atoms with Crippen LogP contribution in [0, 0.1) is 5.92 Å². The molecule has 0 amide bonds. The van der Waals surface area contributed by atoms with Gasteiger partial charge in [-0.2, -0.15) is 0 Å². The zero-order valence-electron chi connectivity index (χ0n) is 12.2. The van der Waals surface area contributed by atoms with Gasteiger partial charge in [0.1, 0.15) is 4.90 Å². The molecule has 1 fully saturated rings. The van der Waals surface area contributed by atoms with Gasteiger partial charge in [-0.3, -0.25) is 0 Å². The van der Waals surface area contributed by atoms with Crippen LogP contribution in [0.25, 0.3) is 10.1 Å². The predicted molar refractivity (Wildman–Crippen MR) is 87.1 cm³/mol. The van der Waals surface area contributed by atoms with E-state index in [1.54, 1.807) is 11.3 Å². The number of thiophene rings is 1. The molecule has 0 saturated heterocycles. The highest BCUT2D eigenvalue weighted by atomic mass is 32.2. The molecule has 21 heavy (non-hydrogen) atoms. The number of fused-ring (bicyclic) bond motifs is 1. The fraction of sp³-hybridized carbons (Fsp3) is 0.467. The van der Waals surface area contributed by atoms with E-state index in [9.17, 15) is 8.42 Å². The van der Waals surface area contributed by atoms with Crippen LogP contribution in [0.3, 0.4) is 0 Å². The van der Waals surface area contributed by atoms with Crippen molar-refractivity contribution in [3.8, 4) is 0 Å². The molecule has 114 valence electrons. The molecule has 2 aromatic rings. The summed E-state index contributed by atoms with van der Waals surface area (Å²) in [5.74, 6) is 0.446. The number of rotatable bonds is 6. The van der Waals surface area contributed by atoms with Gasteiger partial charge in [-0.15, -0.1) is 11.3 Å². The molecule has 1 aliphatic rings. The Morgan fingerprint density at radius 3 is 2.71 bits per heavy atom. The molecule has 2 unspecified atom stereocenters. The molecule has 1 saturated carbocycles. The third-order valence-corrected chi connectivity index (χ3v) is 6.76. The van der Waals surface area contributed by atoms with E-state index in [1.165, 1.54) is 0 Å². The Labute approximate surface area is 129 Å². The first-order valence-electron chi connectivity index (χ1n) is 7.26. The van der Waals surface area contributed by atoms with E-state index in [4.69, 9.17) is 0 Å². The summed E-state index contributed by atoms with van der Waals surface area (Å²) in [6, 6.07) is 7.81. The van der Waals surface area contributed by atoms with Gasteiger partial charge in [0.2, 0.25) is 10.0 Å². The highest BCUT2D eigenvalue weighted by molar-refractivity contribution is 7.90. The van der Waals surface area contributed by atoms with Crippen LogP contribution in [-0.4, -0.2) is 21.0 Å². The van der Waals surface area contributed by atoms with Gasteiger partial charge in [0.25, 0.3) is 0 Å². The second-order valence-electron chi connectivity index (χ2n) is 5.57. The summed E-state index contributed by atoms with van der Waals surface area (Å²) < 4.78 is 29.4. The number of sulfonamides is 1. The molecule has 2 N–H and O–H groups in total. The normalized spacial score (nSPS) is 21.8. The molecule has 0 aliphatic heterocycles. The van der Waals surface area contributed by atoms with Crippen molar-refractivity contribution in [3.63, 3.8) is 0 Å². The Morgan fingerprint density at radius 1 is 1.33 bits per heavy atom. The van der Waals surface area contributed by atoms with Crippen LogP contribution in [0.1, 0.15) is 25.1 Å². The number of benzene rings is 1. The Kier molecular flexibility index (Phi) is 4.05. The van der Waals surface area contributed by atoms with Crippen LogP contribution >= 0.6 is 11.3 Å². The highest BCUT2D eigenvalue weighted by Gasteiger charge is 2.37. The Morgan fingerprint density at radius 2 is 2.05 bits per heavy atom. The minimum atomic E-state index is -3.45. The maximum Gasteiger partial charge on any atom is 0.242 e. The van der Waals surface area contributed by atoms with E-state index < -0.39 is 10.0 Å². The molecule has 0 spiro atoms. The smallest absolute Gasteiger partial charge is 0.242 e. The lowest BCUT2D eigenvalue weighted by Gasteiger charge is -2.08. The molecule has 1 aliphatic carbocycles. The first-order chi connectivity index (χ1) is 10.0. The van der Waals surface area contributed by atoms with Crippen LogP contribution in [0.5, 0.6) is 0 Å². The minimum Gasteiger partial charge on any atom is -0.312 e. The second kappa shape index (κ2) is 5.68. The van der Waals surface area contributed by atoms with Gasteiger partial charge in [0.15, 0.2) is 0 Å².